The van der Waals surface area contributed by atoms with E-state index in [0.717, 1.165) is 6.54 Å². The summed E-state index contributed by atoms with van der Waals surface area (Å²) < 4.78 is 1.25. The summed E-state index contributed by atoms with van der Waals surface area (Å²) in [4.78, 5) is 2.87. The minimum atomic E-state index is 0.408. The predicted octanol–water partition coefficient (Wildman–Crippen LogP) is 3.52. The van der Waals surface area contributed by atoms with E-state index in [-0.39, 0.29) is 0 Å². The van der Waals surface area contributed by atoms with Crippen molar-refractivity contribution in [2.75, 3.05) is 6.54 Å². The van der Waals surface area contributed by atoms with Crippen molar-refractivity contribution in [1.29, 1.82) is 0 Å². The van der Waals surface area contributed by atoms with Gasteiger partial charge in [-0.25, -0.2) is 0 Å². The van der Waals surface area contributed by atoms with Gasteiger partial charge in [-0.2, -0.15) is 0 Å². The summed E-state index contributed by atoms with van der Waals surface area (Å²) in [6.45, 7) is 7.60. The van der Waals surface area contributed by atoms with E-state index in [4.69, 9.17) is 5.73 Å². The lowest BCUT2D eigenvalue weighted by atomic mass is 10.1. The molecule has 0 spiro atoms. The van der Waals surface area contributed by atoms with Gasteiger partial charge < -0.3 is 5.73 Å². The molecule has 1 fully saturated rings. The Labute approximate surface area is 97.8 Å². The lowest BCUT2D eigenvalue weighted by molar-refractivity contribution is 0.559. The molecule has 2 atom stereocenters. The number of rotatable bonds is 2. The van der Waals surface area contributed by atoms with Crippen LogP contribution in [0.15, 0.2) is 10.5 Å². The first-order valence-electron chi connectivity index (χ1n) is 4.94. The maximum absolute atomic E-state index is 5.77. The van der Waals surface area contributed by atoms with Crippen molar-refractivity contribution < 1.29 is 0 Å². The van der Waals surface area contributed by atoms with Gasteiger partial charge in [-0.05, 0) is 46.8 Å². The third-order valence-electron chi connectivity index (χ3n) is 3.49. The fraction of sp³-hybridized carbons (Fsp3) is 0.636. The van der Waals surface area contributed by atoms with Crippen molar-refractivity contribution in [3.05, 3.63) is 20.3 Å². The van der Waals surface area contributed by atoms with Gasteiger partial charge in [-0.15, -0.1) is 11.3 Å². The standard InChI is InChI=1S/C11H16BrNS/c1-6-8(12)4-9(14-6)10-7(5-13)11(10,2)3/h4,7,10H,5,13H2,1-3H3/t7-,10+/m1/s1. The zero-order valence-electron chi connectivity index (χ0n) is 8.80. The number of aryl methyl sites for hydroxylation is 1. The molecule has 1 aliphatic carbocycles. The maximum atomic E-state index is 5.77. The van der Waals surface area contributed by atoms with Gasteiger partial charge >= 0.3 is 0 Å². The van der Waals surface area contributed by atoms with Crippen LogP contribution in [0.5, 0.6) is 0 Å². The van der Waals surface area contributed by atoms with Gasteiger partial charge in [0.25, 0.3) is 0 Å². The van der Waals surface area contributed by atoms with Gasteiger partial charge in [0.1, 0.15) is 0 Å². The van der Waals surface area contributed by atoms with Crippen LogP contribution in [-0.2, 0) is 0 Å². The highest BCUT2D eigenvalue weighted by atomic mass is 79.9. The summed E-state index contributed by atoms with van der Waals surface area (Å²) in [6.07, 6.45) is 0. The Balaban J connectivity index is 2.26. The molecule has 3 heteroatoms. The molecule has 0 aromatic carbocycles. The van der Waals surface area contributed by atoms with E-state index >= 15 is 0 Å². The third-order valence-corrected chi connectivity index (χ3v) is 5.71. The van der Waals surface area contributed by atoms with E-state index in [1.165, 1.54) is 14.2 Å². The molecule has 1 nitrogen and oxygen atoms in total. The van der Waals surface area contributed by atoms with Crippen molar-refractivity contribution in [3.8, 4) is 0 Å². The first-order chi connectivity index (χ1) is 6.48. The van der Waals surface area contributed by atoms with Gasteiger partial charge in [0, 0.05) is 20.1 Å². The predicted molar refractivity (Wildman–Crippen MR) is 65.8 cm³/mol. The van der Waals surface area contributed by atoms with Crippen LogP contribution in [0, 0.1) is 18.3 Å². The van der Waals surface area contributed by atoms with Crippen LogP contribution in [0.4, 0.5) is 0 Å². The summed E-state index contributed by atoms with van der Waals surface area (Å²) in [5.41, 5.74) is 6.18. The number of hydrogen-bond donors (Lipinski definition) is 1. The Bertz CT molecular complexity index is 337. The Kier molecular flexibility index (Phi) is 2.53. The molecule has 0 aliphatic heterocycles. The highest BCUT2D eigenvalue weighted by Gasteiger charge is 2.57. The quantitative estimate of drug-likeness (QED) is 0.877. The van der Waals surface area contributed by atoms with E-state index in [0.29, 0.717) is 17.3 Å². The van der Waals surface area contributed by atoms with E-state index in [1.807, 2.05) is 11.3 Å². The molecule has 2 rings (SSSR count). The van der Waals surface area contributed by atoms with Gasteiger partial charge in [-0.3, -0.25) is 0 Å². The molecule has 1 aromatic heterocycles. The molecule has 1 aromatic rings. The number of hydrogen-bond acceptors (Lipinski definition) is 2. The van der Waals surface area contributed by atoms with Crippen LogP contribution in [0.2, 0.25) is 0 Å². The van der Waals surface area contributed by atoms with Crippen molar-refractivity contribution in [2.24, 2.45) is 17.1 Å². The Morgan fingerprint density at radius 1 is 1.57 bits per heavy atom. The lowest BCUT2D eigenvalue weighted by Crippen LogP contribution is -2.05. The van der Waals surface area contributed by atoms with Crippen LogP contribution in [0.3, 0.4) is 0 Å². The molecule has 0 radical (unpaired) electrons. The third kappa shape index (κ3) is 1.46. The Morgan fingerprint density at radius 3 is 2.57 bits per heavy atom. The molecule has 1 heterocycles. The van der Waals surface area contributed by atoms with E-state index in [9.17, 15) is 0 Å². The fourth-order valence-electron chi connectivity index (χ4n) is 2.38. The minimum absolute atomic E-state index is 0.408. The number of thiophene rings is 1. The molecule has 0 saturated heterocycles. The molecule has 14 heavy (non-hydrogen) atoms. The zero-order chi connectivity index (χ0) is 10.5. The smallest absolute Gasteiger partial charge is 0.0314 e. The van der Waals surface area contributed by atoms with Crippen molar-refractivity contribution in [3.63, 3.8) is 0 Å². The second-order valence-corrected chi connectivity index (χ2v) is 6.84. The summed E-state index contributed by atoms with van der Waals surface area (Å²) >= 11 is 5.47. The second-order valence-electron chi connectivity index (χ2n) is 4.69. The average molecular weight is 274 g/mol. The Morgan fingerprint density at radius 2 is 2.21 bits per heavy atom. The molecule has 1 saturated carbocycles. The number of nitrogens with two attached hydrogens (primary N) is 1. The first-order valence-corrected chi connectivity index (χ1v) is 6.55. The molecule has 0 amide bonds. The lowest BCUT2D eigenvalue weighted by Gasteiger charge is -1.98. The Hall–Kier alpha value is 0.140. The van der Waals surface area contributed by atoms with E-state index in [1.54, 1.807) is 0 Å². The normalized spacial score (nSPS) is 29.2. The van der Waals surface area contributed by atoms with Gasteiger partial charge in [0.15, 0.2) is 0 Å². The second kappa shape index (κ2) is 3.32. The summed E-state index contributed by atoms with van der Waals surface area (Å²) in [7, 11) is 0. The van der Waals surface area contributed by atoms with Crippen molar-refractivity contribution >= 4 is 27.3 Å². The molecule has 78 valence electrons. The first kappa shape index (κ1) is 10.7. The van der Waals surface area contributed by atoms with Crippen LogP contribution in [0.25, 0.3) is 0 Å². The summed E-state index contributed by atoms with van der Waals surface area (Å²) in [5, 5.41) is 0. The molecule has 0 unspecified atom stereocenters. The summed E-state index contributed by atoms with van der Waals surface area (Å²) in [6, 6.07) is 2.27. The maximum Gasteiger partial charge on any atom is 0.0314 e. The molecule has 0 bridgehead atoms. The van der Waals surface area contributed by atoms with Gasteiger partial charge in [0.05, 0.1) is 0 Å². The van der Waals surface area contributed by atoms with E-state index < -0.39 is 0 Å². The minimum Gasteiger partial charge on any atom is -0.330 e. The molecular weight excluding hydrogens is 258 g/mol. The number of halogens is 1. The monoisotopic (exact) mass is 273 g/mol. The van der Waals surface area contributed by atoms with Crippen LogP contribution < -0.4 is 5.73 Å². The molecule has 2 N–H and O–H groups in total. The molecular formula is C11H16BrNS. The summed E-state index contributed by atoms with van der Waals surface area (Å²) in [5.74, 6) is 1.36. The highest BCUT2D eigenvalue weighted by Crippen LogP contribution is 2.65. The van der Waals surface area contributed by atoms with Crippen molar-refractivity contribution in [2.45, 2.75) is 26.7 Å². The van der Waals surface area contributed by atoms with E-state index in [2.05, 4.69) is 42.8 Å². The van der Waals surface area contributed by atoms with Gasteiger partial charge in [0.2, 0.25) is 0 Å². The highest BCUT2D eigenvalue weighted by molar-refractivity contribution is 9.10. The largest absolute Gasteiger partial charge is 0.330 e. The van der Waals surface area contributed by atoms with Gasteiger partial charge in [-0.1, -0.05) is 13.8 Å². The molecule has 1 aliphatic rings. The van der Waals surface area contributed by atoms with Crippen LogP contribution in [-0.4, -0.2) is 6.54 Å². The fourth-order valence-corrected chi connectivity index (χ4v) is 4.31. The average Bonchev–Trinajstić information content (AvgIpc) is 2.50. The SMILES string of the molecule is Cc1sc([C@@H]2[C@@H](CN)C2(C)C)cc1Br. The zero-order valence-corrected chi connectivity index (χ0v) is 11.2. The van der Waals surface area contributed by atoms with Crippen LogP contribution >= 0.6 is 27.3 Å². The van der Waals surface area contributed by atoms with Crippen molar-refractivity contribution in [1.82, 2.24) is 0 Å². The topological polar surface area (TPSA) is 26.0 Å². The van der Waals surface area contributed by atoms with Crippen LogP contribution in [0.1, 0.15) is 29.5 Å².